The molecule has 0 spiro atoms. The molecule has 0 aromatic carbocycles. The zero-order chi connectivity index (χ0) is 21.4. The lowest BCUT2D eigenvalue weighted by Crippen LogP contribution is -2.38. The third-order valence-electron chi connectivity index (χ3n) is 4.39. The van der Waals surface area contributed by atoms with E-state index in [1.807, 2.05) is 40.7 Å². The number of aromatic nitrogens is 1. The Labute approximate surface area is 177 Å². The molecule has 0 atom stereocenters. The fraction of sp³-hybridized carbons (Fsp3) is 0.579. The highest BCUT2D eigenvalue weighted by atomic mass is 32.2. The molecule has 10 heteroatoms. The fourth-order valence-corrected chi connectivity index (χ4v) is 5.69. The number of rotatable bonds is 10. The Morgan fingerprint density at radius 3 is 2.52 bits per heavy atom. The van der Waals surface area contributed by atoms with Crippen LogP contribution < -0.4 is 10.6 Å². The summed E-state index contributed by atoms with van der Waals surface area (Å²) in [6, 6.07) is 3.57. The quantitative estimate of drug-likeness (QED) is 0.434. The Morgan fingerprint density at radius 2 is 1.93 bits per heavy atom. The first-order chi connectivity index (χ1) is 13.8. The number of aliphatic imine (C=N–C) groups is 1. The number of aryl methyl sites for hydroxylation is 2. The predicted molar refractivity (Wildman–Crippen MR) is 117 cm³/mol. The van der Waals surface area contributed by atoms with Crippen LogP contribution in [0.5, 0.6) is 0 Å². The van der Waals surface area contributed by atoms with Crippen LogP contribution in [-0.4, -0.2) is 49.8 Å². The number of guanidine groups is 1. The second kappa shape index (κ2) is 10.7. The van der Waals surface area contributed by atoms with Crippen LogP contribution in [0.2, 0.25) is 0 Å². The lowest BCUT2D eigenvalue weighted by molar-refractivity contribution is 0.447. The van der Waals surface area contributed by atoms with Gasteiger partial charge in [0.15, 0.2) is 5.96 Å². The number of thiophene rings is 1. The van der Waals surface area contributed by atoms with Gasteiger partial charge in [0.05, 0.1) is 5.69 Å². The first kappa shape index (κ1) is 23.4. The Morgan fingerprint density at radius 1 is 1.21 bits per heavy atom. The topological polar surface area (TPSA) is 99.8 Å². The van der Waals surface area contributed by atoms with Gasteiger partial charge in [-0.3, -0.25) is 0 Å². The summed E-state index contributed by atoms with van der Waals surface area (Å²) in [5, 5.41) is 6.46. The average molecular weight is 442 g/mol. The smallest absolute Gasteiger partial charge is 0.252 e. The first-order valence-corrected chi connectivity index (χ1v) is 12.1. The zero-order valence-corrected chi connectivity index (χ0v) is 19.4. The molecule has 0 saturated carbocycles. The van der Waals surface area contributed by atoms with Crippen molar-refractivity contribution in [2.45, 2.75) is 51.8 Å². The van der Waals surface area contributed by atoms with Crippen molar-refractivity contribution in [3.8, 4) is 0 Å². The van der Waals surface area contributed by atoms with Crippen LogP contribution in [0.4, 0.5) is 0 Å². The molecule has 0 fully saturated rings. The van der Waals surface area contributed by atoms with E-state index in [1.54, 1.807) is 6.07 Å². The highest BCUT2D eigenvalue weighted by molar-refractivity contribution is 7.91. The van der Waals surface area contributed by atoms with Gasteiger partial charge in [-0.1, -0.05) is 13.8 Å². The number of hydrogen-bond acceptors (Lipinski definition) is 6. The molecule has 162 valence electrons. The standard InChI is InChI=1S/C19H31N5O3S2/c1-6-20-19(22-13-17-23-14(4)15(5)27-17)21-12-11-16-9-10-18(28-16)29(25,26)24(7-2)8-3/h9-10H,6-8,11-13H2,1-5H3,(H2,20,21,22). The van der Waals surface area contributed by atoms with Crippen molar-refractivity contribution in [3.63, 3.8) is 0 Å². The summed E-state index contributed by atoms with van der Waals surface area (Å²) in [7, 11) is -3.39. The van der Waals surface area contributed by atoms with E-state index < -0.39 is 10.0 Å². The predicted octanol–water partition coefficient (Wildman–Crippen LogP) is 2.68. The average Bonchev–Trinajstić information content (AvgIpc) is 3.28. The van der Waals surface area contributed by atoms with Gasteiger partial charge in [0, 0.05) is 31.1 Å². The second-order valence-corrected chi connectivity index (χ2v) is 9.76. The summed E-state index contributed by atoms with van der Waals surface area (Å²) in [6.07, 6.45) is 0.708. The van der Waals surface area contributed by atoms with Crippen LogP contribution >= 0.6 is 11.3 Å². The van der Waals surface area contributed by atoms with Crippen LogP contribution in [0, 0.1) is 13.8 Å². The molecule has 0 saturated heterocycles. The maximum absolute atomic E-state index is 12.6. The van der Waals surface area contributed by atoms with Crippen LogP contribution in [0.1, 0.15) is 43.0 Å². The fourth-order valence-electron chi connectivity index (χ4n) is 2.72. The van der Waals surface area contributed by atoms with Gasteiger partial charge in [-0.15, -0.1) is 11.3 Å². The summed E-state index contributed by atoms with van der Waals surface area (Å²) in [4.78, 5) is 9.85. The van der Waals surface area contributed by atoms with E-state index in [9.17, 15) is 8.42 Å². The summed E-state index contributed by atoms with van der Waals surface area (Å²) in [5.74, 6) is 2.07. The Hall–Kier alpha value is -1.91. The van der Waals surface area contributed by atoms with Crippen molar-refractivity contribution in [2.75, 3.05) is 26.2 Å². The second-order valence-electron chi connectivity index (χ2n) is 6.43. The molecular weight excluding hydrogens is 410 g/mol. The molecule has 2 heterocycles. The highest BCUT2D eigenvalue weighted by Gasteiger charge is 2.23. The molecule has 8 nitrogen and oxygen atoms in total. The maximum atomic E-state index is 12.6. The lowest BCUT2D eigenvalue weighted by atomic mass is 10.3. The minimum Gasteiger partial charge on any atom is -0.444 e. The minimum atomic E-state index is -3.39. The van der Waals surface area contributed by atoms with E-state index in [0.29, 0.717) is 48.7 Å². The third kappa shape index (κ3) is 6.28. The van der Waals surface area contributed by atoms with E-state index in [4.69, 9.17) is 4.42 Å². The molecule has 0 aliphatic carbocycles. The molecule has 29 heavy (non-hydrogen) atoms. The molecule has 0 radical (unpaired) electrons. The minimum absolute atomic E-state index is 0.356. The molecule has 0 aliphatic rings. The van der Waals surface area contributed by atoms with Crippen molar-refractivity contribution in [1.29, 1.82) is 0 Å². The Bertz CT molecular complexity index is 895. The Balaban J connectivity index is 1.94. The largest absolute Gasteiger partial charge is 0.444 e. The molecule has 2 rings (SSSR count). The van der Waals surface area contributed by atoms with Gasteiger partial charge in [0.1, 0.15) is 16.5 Å². The van der Waals surface area contributed by atoms with Crippen molar-refractivity contribution in [1.82, 2.24) is 19.9 Å². The van der Waals surface area contributed by atoms with E-state index in [1.165, 1.54) is 15.6 Å². The molecule has 2 aromatic heterocycles. The first-order valence-electron chi connectivity index (χ1n) is 9.85. The van der Waals surface area contributed by atoms with Gasteiger partial charge in [-0.05, 0) is 39.3 Å². The van der Waals surface area contributed by atoms with Crippen LogP contribution in [0.15, 0.2) is 25.8 Å². The molecular formula is C19H31N5O3S2. The zero-order valence-electron chi connectivity index (χ0n) is 17.8. The van der Waals surface area contributed by atoms with Crippen LogP contribution in [-0.2, 0) is 23.0 Å². The van der Waals surface area contributed by atoms with E-state index in [2.05, 4.69) is 20.6 Å². The van der Waals surface area contributed by atoms with Crippen molar-refractivity contribution < 1.29 is 12.8 Å². The summed E-state index contributed by atoms with van der Waals surface area (Å²) in [5.41, 5.74) is 0.876. The van der Waals surface area contributed by atoms with Gasteiger partial charge >= 0.3 is 0 Å². The number of hydrogen-bond donors (Lipinski definition) is 2. The highest BCUT2D eigenvalue weighted by Crippen LogP contribution is 2.25. The number of nitrogens with one attached hydrogen (secondary N) is 2. The number of nitrogens with zero attached hydrogens (tertiary/aromatic N) is 3. The molecule has 0 bridgehead atoms. The Kier molecular flexibility index (Phi) is 8.66. The number of sulfonamides is 1. The molecule has 0 amide bonds. The van der Waals surface area contributed by atoms with Gasteiger partial charge < -0.3 is 15.1 Å². The maximum Gasteiger partial charge on any atom is 0.252 e. The summed E-state index contributed by atoms with van der Waals surface area (Å²) in [6.45, 7) is 12.2. The summed E-state index contributed by atoms with van der Waals surface area (Å²) < 4.78 is 32.6. The monoisotopic (exact) mass is 441 g/mol. The van der Waals surface area contributed by atoms with E-state index >= 15 is 0 Å². The molecule has 0 aliphatic heterocycles. The summed E-state index contributed by atoms with van der Waals surface area (Å²) >= 11 is 1.32. The SMILES string of the molecule is CCNC(=NCc1nc(C)c(C)o1)NCCc1ccc(S(=O)(=O)N(CC)CC)s1. The van der Waals surface area contributed by atoms with E-state index in [0.717, 1.165) is 22.9 Å². The lowest BCUT2D eigenvalue weighted by Gasteiger charge is -2.16. The number of oxazole rings is 1. The normalized spacial score (nSPS) is 12.6. The van der Waals surface area contributed by atoms with Crippen molar-refractivity contribution >= 4 is 27.3 Å². The van der Waals surface area contributed by atoms with E-state index in [-0.39, 0.29) is 0 Å². The van der Waals surface area contributed by atoms with Crippen LogP contribution in [0.25, 0.3) is 0 Å². The van der Waals surface area contributed by atoms with Gasteiger partial charge in [0.25, 0.3) is 10.0 Å². The molecule has 2 aromatic rings. The van der Waals surface area contributed by atoms with Gasteiger partial charge in [0.2, 0.25) is 5.89 Å². The van der Waals surface area contributed by atoms with Crippen molar-refractivity contribution in [3.05, 3.63) is 34.4 Å². The van der Waals surface area contributed by atoms with Crippen molar-refractivity contribution in [2.24, 2.45) is 4.99 Å². The molecule has 0 unspecified atom stereocenters. The third-order valence-corrected chi connectivity index (χ3v) is 8.05. The van der Waals surface area contributed by atoms with Crippen LogP contribution in [0.3, 0.4) is 0 Å². The van der Waals surface area contributed by atoms with Gasteiger partial charge in [-0.2, -0.15) is 4.31 Å². The molecule has 2 N–H and O–H groups in total. The van der Waals surface area contributed by atoms with Gasteiger partial charge in [-0.25, -0.2) is 18.4 Å².